The second-order valence-corrected chi connectivity index (χ2v) is 7.91. The largest absolute Gasteiger partial charge is 0.508 e. The van der Waals surface area contributed by atoms with Gasteiger partial charge < -0.3 is 15.3 Å². The predicted octanol–water partition coefficient (Wildman–Crippen LogP) is 3.66. The first-order valence-electron chi connectivity index (χ1n) is 10.3. The maximum atomic E-state index is 9.72. The zero-order valence-electron chi connectivity index (χ0n) is 17.0. The van der Waals surface area contributed by atoms with Crippen LogP contribution in [0.15, 0.2) is 60.7 Å². The van der Waals surface area contributed by atoms with E-state index in [4.69, 9.17) is 4.98 Å². The summed E-state index contributed by atoms with van der Waals surface area (Å²) in [5, 5.41) is 21.8. The Balaban J connectivity index is 1.52. The Kier molecular flexibility index (Phi) is 4.85. The molecule has 0 bridgehead atoms. The van der Waals surface area contributed by atoms with E-state index in [-0.39, 0.29) is 5.75 Å². The number of aryl methyl sites for hydroxylation is 1. The summed E-state index contributed by atoms with van der Waals surface area (Å²) in [6, 6.07) is 20.4. The first kappa shape index (κ1) is 18.6. The zero-order valence-corrected chi connectivity index (χ0v) is 17.0. The molecule has 152 valence electrons. The lowest BCUT2D eigenvalue weighted by molar-refractivity contribution is 0.455. The molecule has 0 spiro atoms. The molecule has 6 heteroatoms. The fourth-order valence-corrected chi connectivity index (χ4v) is 4.20. The summed E-state index contributed by atoms with van der Waals surface area (Å²) >= 11 is 0. The number of anilines is 1. The smallest absolute Gasteiger partial charge is 0.181 e. The Morgan fingerprint density at radius 1 is 1.10 bits per heavy atom. The lowest BCUT2D eigenvalue weighted by Gasteiger charge is -2.36. The Bertz CT molecular complexity index is 1150. The van der Waals surface area contributed by atoms with Crippen molar-refractivity contribution in [2.45, 2.75) is 19.4 Å². The van der Waals surface area contributed by atoms with Crippen LogP contribution in [0, 0.1) is 6.92 Å². The van der Waals surface area contributed by atoms with Crippen LogP contribution in [0.3, 0.4) is 0 Å². The monoisotopic (exact) mass is 399 g/mol. The van der Waals surface area contributed by atoms with Crippen molar-refractivity contribution >= 4 is 16.7 Å². The van der Waals surface area contributed by atoms with Gasteiger partial charge in [0, 0.05) is 42.3 Å². The summed E-state index contributed by atoms with van der Waals surface area (Å²) in [5.41, 5.74) is 6.06. The minimum atomic E-state index is 0.252. The van der Waals surface area contributed by atoms with Gasteiger partial charge in [0.15, 0.2) is 5.65 Å². The number of pyridine rings is 1. The number of nitrogens with one attached hydrogen (secondary N) is 2. The van der Waals surface area contributed by atoms with E-state index in [0.29, 0.717) is 6.04 Å². The summed E-state index contributed by atoms with van der Waals surface area (Å²) in [4.78, 5) is 7.32. The van der Waals surface area contributed by atoms with Crippen molar-refractivity contribution in [3.05, 3.63) is 71.9 Å². The first-order valence-corrected chi connectivity index (χ1v) is 10.3. The molecule has 0 aliphatic carbocycles. The summed E-state index contributed by atoms with van der Waals surface area (Å²) < 4.78 is 0. The van der Waals surface area contributed by atoms with Gasteiger partial charge in [0.1, 0.15) is 5.75 Å². The molecule has 30 heavy (non-hydrogen) atoms. The van der Waals surface area contributed by atoms with E-state index >= 15 is 0 Å². The highest BCUT2D eigenvalue weighted by atomic mass is 16.3. The molecule has 6 nitrogen and oxygen atoms in total. The Labute approximate surface area is 175 Å². The van der Waals surface area contributed by atoms with E-state index in [1.807, 2.05) is 19.1 Å². The summed E-state index contributed by atoms with van der Waals surface area (Å²) in [7, 11) is 0. The molecular weight excluding hydrogens is 374 g/mol. The van der Waals surface area contributed by atoms with Gasteiger partial charge in [-0.25, -0.2) is 4.98 Å². The zero-order chi connectivity index (χ0) is 20.5. The number of phenols is 1. The van der Waals surface area contributed by atoms with Gasteiger partial charge in [0.05, 0.1) is 11.4 Å². The van der Waals surface area contributed by atoms with Crippen LogP contribution >= 0.6 is 0 Å². The Hall–Kier alpha value is -3.38. The fourth-order valence-electron chi connectivity index (χ4n) is 4.20. The number of fused-ring (bicyclic) bond motifs is 1. The molecule has 0 amide bonds. The topological polar surface area (TPSA) is 77.1 Å². The molecular formula is C24H25N5O. The molecule has 0 radical (unpaired) electrons. The highest BCUT2D eigenvalue weighted by Crippen LogP contribution is 2.34. The first-order chi connectivity index (χ1) is 14.7. The molecule has 1 saturated heterocycles. The number of H-pyrrole nitrogens is 1. The molecule has 1 aliphatic rings. The number of nitrogens with zero attached hydrogens (tertiary/aromatic N) is 3. The summed E-state index contributed by atoms with van der Waals surface area (Å²) in [6.07, 6.45) is 0.992. The van der Waals surface area contributed by atoms with Crippen molar-refractivity contribution in [1.82, 2.24) is 20.5 Å². The lowest BCUT2D eigenvalue weighted by Crippen LogP contribution is -2.51. The second-order valence-electron chi connectivity index (χ2n) is 7.91. The Morgan fingerprint density at radius 3 is 2.70 bits per heavy atom. The quantitative estimate of drug-likeness (QED) is 0.488. The van der Waals surface area contributed by atoms with Gasteiger partial charge >= 0.3 is 0 Å². The molecule has 2 aromatic heterocycles. The van der Waals surface area contributed by atoms with Gasteiger partial charge in [-0.3, -0.25) is 5.10 Å². The van der Waals surface area contributed by atoms with Crippen molar-refractivity contribution in [1.29, 1.82) is 0 Å². The van der Waals surface area contributed by atoms with Crippen LogP contribution in [0.25, 0.3) is 22.3 Å². The number of aromatic hydroxyl groups is 1. The van der Waals surface area contributed by atoms with Crippen molar-refractivity contribution in [2.24, 2.45) is 0 Å². The molecule has 3 heterocycles. The highest BCUT2D eigenvalue weighted by Gasteiger charge is 2.24. The fraction of sp³-hybridized carbons (Fsp3) is 0.250. The molecule has 4 aromatic rings. The number of aromatic nitrogens is 3. The summed E-state index contributed by atoms with van der Waals surface area (Å²) in [5.74, 6) is 0.252. The Morgan fingerprint density at radius 2 is 1.90 bits per heavy atom. The molecule has 0 saturated carbocycles. The van der Waals surface area contributed by atoms with Gasteiger partial charge in [0.2, 0.25) is 0 Å². The van der Waals surface area contributed by atoms with Gasteiger partial charge in [-0.2, -0.15) is 5.10 Å². The van der Waals surface area contributed by atoms with Crippen LogP contribution in [0.2, 0.25) is 0 Å². The van der Waals surface area contributed by atoms with Gasteiger partial charge in [0.25, 0.3) is 0 Å². The maximum Gasteiger partial charge on any atom is 0.181 e. The molecule has 1 atom stereocenters. The molecule has 1 aliphatic heterocycles. The predicted molar refractivity (Wildman–Crippen MR) is 120 cm³/mol. The van der Waals surface area contributed by atoms with Crippen molar-refractivity contribution in [2.75, 3.05) is 24.5 Å². The minimum absolute atomic E-state index is 0.252. The van der Waals surface area contributed by atoms with Crippen LogP contribution in [0.5, 0.6) is 5.75 Å². The van der Waals surface area contributed by atoms with Crippen LogP contribution < -0.4 is 10.2 Å². The van der Waals surface area contributed by atoms with E-state index in [0.717, 1.165) is 59.7 Å². The van der Waals surface area contributed by atoms with Crippen LogP contribution in [0.4, 0.5) is 5.69 Å². The van der Waals surface area contributed by atoms with Crippen molar-refractivity contribution in [3.63, 3.8) is 0 Å². The van der Waals surface area contributed by atoms with Crippen molar-refractivity contribution in [3.8, 4) is 17.0 Å². The SMILES string of the molecule is Cc1[nH]nc2nc(-c3ccc(O)cc3)c(N3CCNC(Cc4ccccc4)C3)cc12. The summed E-state index contributed by atoms with van der Waals surface area (Å²) in [6.45, 7) is 4.77. The standard InChI is InChI=1S/C24H25N5O/c1-16-21-14-22(23(26-24(21)28-27-16)18-7-9-20(30)10-8-18)29-12-11-25-19(15-29)13-17-5-3-2-4-6-17/h2-10,14,19,25,30H,11-13,15H2,1H3,(H,26,27,28). The van der Waals surface area contributed by atoms with Gasteiger partial charge in [-0.1, -0.05) is 30.3 Å². The maximum absolute atomic E-state index is 9.72. The molecule has 3 N–H and O–H groups in total. The van der Waals surface area contributed by atoms with Crippen molar-refractivity contribution < 1.29 is 5.11 Å². The highest BCUT2D eigenvalue weighted by molar-refractivity contribution is 5.89. The molecule has 2 aromatic carbocycles. The third-order valence-electron chi connectivity index (χ3n) is 5.78. The number of aromatic amines is 1. The van der Waals surface area contributed by atoms with E-state index in [1.54, 1.807) is 12.1 Å². The number of hydrogen-bond acceptors (Lipinski definition) is 5. The van der Waals surface area contributed by atoms with E-state index in [2.05, 4.69) is 56.8 Å². The number of piperazine rings is 1. The van der Waals surface area contributed by atoms with Crippen LogP contribution in [-0.4, -0.2) is 46.0 Å². The molecule has 1 fully saturated rings. The average Bonchev–Trinajstić information content (AvgIpc) is 3.14. The van der Waals surface area contributed by atoms with E-state index in [1.165, 1.54) is 5.56 Å². The number of phenolic OH excluding ortho intramolecular Hbond substituents is 1. The number of benzene rings is 2. The number of rotatable bonds is 4. The minimum Gasteiger partial charge on any atom is -0.508 e. The van der Waals surface area contributed by atoms with E-state index < -0.39 is 0 Å². The molecule has 5 rings (SSSR count). The van der Waals surface area contributed by atoms with Crippen LogP contribution in [-0.2, 0) is 6.42 Å². The molecule has 1 unspecified atom stereocenters. The number of hydrogen-bond donors (Lipinski definition) is 3. The lowest BCUT2D eigenvalue weighted by atomic mass is 10.0. The second kappa shape index (κ2) is 7.80. The third-order valence-corrected chi connectivity index (χ3v) is 5.78. The average molecular weight is 399 g/mol. The third kappa shape index (κ3) is 3.62. The van der Waals surface area contributed by atoms with E-state index in [9.17, 15) is 5.11 Å². The normalized spacial score (nSPS) is 16.8. The van der Waals surface area contributed by atoms with Gasteiger partial charge in [-0.15, -0.1) is 0 Å². The van der Waals surface area contributed by atoms with Gasteiger partial charge in [-0.05, 0) is 49.2 Å². The van der Waals surface area contributed by atoms with Crippen LogP contribution in [0.1, 0.15) is 11.3 Å².